The minimum absolute atomic E-state index is 0.489. The molecule has 1 nitrogen and oxygen atoms in total. The first-order chi connectivity index (χ1) is 7.37. The van der Waals surface area contributed by atoms with Crippen molar-refractivity contribution >= 4 is 0 Å². The van der Waals surface area contributed by atoms with E-state index in [0.29, 0.717) is 0 Å². The Kier molecular flexibility index (Phi) is 7.40. The van der Waals surface area contributed by atoms with Gasteiger partial charge in [0.1, 0.15) is 0 Å². The molecule has 0 bridgehead atoms. The highest BCUT2D eigenvalue weighted by molar-refractivity contribution is 5.02. The van der Waals surface area contributed by atoms with Crippen LogP contribution in [0.5, 0.6) is 0 Å². The third-order valence-corrected chi connectivity index (χ3v) is 3.03. The molecule has 0 aromatic heterocycles. The fraction of sp³-hybridized carbons (Fsp3) is 0.733. The van der Waals surface area contributed by atoms with E-state index >= 15 is 0 Å². The Balaban J connectivity index is 3.83. The molecule has 1 unspecified atom stereocenters. The Labute approximate surface area is 101 Å². The lowest BCUT2D eigenvalue weighted by Crippen LogP contribution is -2.21. The summed E-state index contributed by atoms with van der Waals surface area (Å²) in [6.45, 7) is 10.4. The molecule has 0 saturated carbocycles. The molecule has 0 heterocycles. The van der Waals surface area contributed by atoms with Crippen LogP contribution in [-0.2, 0) is 0 Å². The molecule has 0 aliphatic rings. The highest BCUT2D eigenvalue weighted by Crippen LogP contribution is 2.17. The van der Waals surface area contributed by atoms with Crippen LogP contribution in [0.1, 0.15) is 66.7 Å². The van der Waals surface area contributed by atoms with Crippen LogP contribution in [0.15, 0.2) is 23.3 Å². The zero-order chi connectivity index (χ0) is 12.6. The first-order valence-corrected chi connectivity index (χ1v) is 6.39. The average molecular weight is 224 g/mol. The monoisotopic (exact) mass is 224 g/mol. The zero-order valence-electron chi connectivity index (χ0n) is 11.6. The van der Waals surface area contributed by atoms with Gasteiger partial charge in [-0.15, -0.1) is 0 Å². The molecule has 0 aliphatic carbocycles. The smallest absolute Gasteiger partial charge is 0.0620 e. The van der Waals surface area contributed by atoms with Gasteiger partial charge in [0.25, 0.3) is 0 Å². The molecule has 0 aliphatic heterocycles. The molecule has 94 valence electrons. The van der Waals surface area contributed by atoms with Crippen molar-refractivity contribution in [3.63, 3.8) is 0 Å². The van der Waals surface area contributed by atoms with E-state index in [1.165, 1.54) is 11.1 Å². The lowest BCUT2D eigenvalue weighted by atomic mass is 9.96. The van der Waals surface area contributed by atoms with Crippen molar-refractivity contribution in [1.82, 2.24) is 0 Å². The lowest BCUT2D eigenvalue weighted by molar-refractivity contribution is 0.0480. The normalized spacial score (nSPS) is 15.8. The van der Waals surface area contributed by atoms with Crippen molar-refractivity contribution in [1.29, 1.82) is 0 Å². The van der Waals surface area contributed by atoms with Crippen LogP contribution in [0, 0.1) is 0 Å². The summed E-state index contributed by atoms with van der Waals surface area (Å²) in [6, 6.07) is 0. The van der Waals surface area contributed by atoms with E-state index in [1.54, 1.807) is 0 Å². The van der Waals surface area contributed by atoms with Crippen LogP contribution < -0.4 is 0 Å². The molecule has 1 atom stereocenters. The summed E-state index contributed by atoms with van der Waals surface area (Å²) in [5.41, 5.74) is 2.34. The topological polar surface area (TPSA) is 20.2 Å². The van der Waals surface area contributed by atoms with Crippen LogP contribution >= 0.6 is 0 Å². The Morgan fingerprint density at radius 3 is 2.25 bits per heavy atom. The van der Waals surface area contributed by atoms with E-state index in [-0.39, 0.29) is 0 Å². The van der Waals surface area contributed by atoms with E-state index in [4.69, 9.17) is 0 Å². The van der Waals surface area contributed by atoms with E-state index < -0.39 is 5.60 Å². The van der Waals surface area contributed by atoms with Gasteiger partial charge < -0.3 is 5.11 Å². The summed E-state index contributed by atoms with van der Waals surface area (Å²) in [5, 5.41) is 9.85. The van der Waals surface area contributed by atoms with E-state index in [1.807, 2.05) is 13.8 Å². The maximum absolute atomic E-state index is 9.85. The first-order valence-electron chi connectivity index (χ1n) is 6.39. The van der Waals surface area contributed by atoms with Gasteiger partial charge in [0.15, 0.2) is 0 Å². The van der Waals surface area contributed by atoms with Gasteiger partial charge in [-0.1, -0.05) is 30.2 Å². The highest BCUT2D eigenvalue weighted by atomic mass is 16.3. The van der Waals surface area contributed by atoms with Crippen LogP contribution in [-0.4, -0.2) is 10.7 Å². The van der Waals surface area contributed by atoms with Gasteiger partial charge in [0, 0.05) is 0 Å². The SMILES string of the molecule is CCC(C)(O)CCC=C(C)CCC=C(C)C. The summed E-state index contributed by atoms with van der Waals surface area (Å²) >= 11 is 0. The van der Waals surface area contributed by atoms with E-state index in [0.717, 1.165) is 32.1 Å². The predicted molar refractivity (Wildman–Crippen MR) is 72.6 cm³/mol. The second-order valence-corrected chi connectivity index (χ2v) is 5.26. The Hall–Kier alpha value is -0.560. The molecule has 0 saturated heterocycles. The van der Waals surface area contributed by atoms with Gasteiger partial charge >= 0.3 is 0 Å². The quantitative estimate of drug-likeness (QED) is 0.626. The Morgan fingerprint density at radius 1 is 1.12 bits per heavy atom. The highest BCUT2D eigenvalue weighted by Gasteiger charge is 2.15. The molecule has 0 spiro atoms. The third-order valence-electron chi connectivity index (χ3n) is 3.03. The number of hydrogen-bond acceptors (Lipinski definition) is 1. The second-order valence-electron chi connectivity index (χ2n) is 5.26. The molecule has 0 aromatic carbocycles. The first kappa shape index (κ1) is 15.4. The van der Waals surface area contributed by atoms with Crippen molar-refractivity contribution in [3.05, 3.63) is 23.3 Å². The zero-order valence-corrected chi connectivity index (χ0v) is 11.6. The summed E-state index contributed by atoms with van der Waals surface area (Å²) in [6.07, 6.45) is 9.50. The minimum Gasteiger partial charge on any atom is -0.390 e. The van der Waals surface area contributed by atoms with Crippen LogP contribution in [0.2, 0.25) is 0 Å². The Morgan fingerprint density at radius 2 is 1.75 bits per heavy atom. The molecule has 16 heavy (non-hydrogen) atoms. The van der Waals surface area contributed by atoms with Gasteiger partial charge in [-0.25, -0.2) is 0 Å². The van der Waals surface area contributed by atoms with Gasteiger partial charge in [0.2, 0.25) is 0 Å². The fourth-order valence-electron chi connectivity index (χ4n) is 1.50. The maximum atomic E-state index is 9.85. The summed E-state index contributed by atoms with van der Waals surface area (Å²) in [4.78, 5) is 0. The summed E-state index contributed by atoms with van der Waals surface area (Å²) in [7, 11) is 0. The van der Waals surface area contributed by atoms with Gasteiger partial charge in [-0.2, -0.15) is 0 Å². The minimum atomic E-state index is -0.489. The molecular formula is C15H28O. The third kappa shape index (κ3) is 8.72. The van der Waals surface area contributed by atoms with Crippen molar-refractivity contribution in [2.45, 2.75) is 72.3 Å². The van der Waals surface area contributed by atoms with Crippen molar-refractivity contribution in [2.75, 3.05) is 0 Å². The molecule has 1 N–H and O–H groups in total. The number of hydrogen-bond donors (Lipinski definition) is 1. The fourth-order valence-corrected chi connectivity index (χ4v) is 1.50. The molecule has 0 fully saturated rings. The van der Waals surface area contributed by atoms with Gasteiger partial charge in [0.05, 0.1) is 5.60 Å². The predicted octanol–water partition coefficient (Wildman–Crippen LogP) is 4.62. The maximum Gasteiger partial charge on any atom is 0.0620 e. The second kappa shape index (κ2) is 7.67. The number of aliphatic hydroxyl groups is 1. The van der Waals surface area contributed by atoms with Crippen molar-refractivity contribution < 1.29 is 5.11 Å². The average Bonchev–Trinajstić information content (AvgIpc) is 2.17. The van der Waals surface area contributed by atoms with Crippen molar-refractivity contribution in [3.8, 4) is 0 Å². The largest absolute Gasteiger partial charge is 0.390 e. The standard InChI is InChI=1S/C15H28O/c1-6-15(5,16)12-8-11-14(4)10-7-9-13(2)3/h9,11,16H,6-8,10,12H2,1-5H3. The van der Waals surface area contributed by atoms with Crippen LogP contribution in [0.25, 0.3) is 0 Å². The van der Waals surface area contributed by atoms with Gasteiger partial charge in [-0.3, -0.25) is 0 Å². The number of rotatable bonds is 7. The molecule has 0 amide bonds. The molecule has 0 radical (unpaired) electrons. The molecule has 0 rings (SSSR count). The summed E-state index contributed by atoms with van der Waals surface area (Å²) < 4.78 is 0. The molecular weight excluding hydrogens is 196 g/mol. The van der Waals surface area contributed by atoms with Crippen LogP contribution in [0.4, 0.5) is 0 Å². The van der Waals surface area contributed by atoms with E-state index in [9.17, 15) is 5.11 Å². The van der Waals surface area contributed by atoms with E-state index in [2.05, 4.69) is 32.9 Å². The van der Waals surface area contributed by atoms with Crippen LogP contribution in [0.3, 0.4) is 0 Å². The lowest BCUT2D eigenvalue weighted by Gasteiger charge is -2.20. The molecule has 1 heteroatoms. The molecule has 0 aromatic rings. The Bertz CT molecular complexity index is 242. The summed E-state index contributed by atoms with van der Waals surface area (Å²) in [5.74, 6) is 0. The number of allylic oxidation sites excluding steroid dienone is 4. The van der Waals surface area contributed by atoms with Gasteiger partial charge in [-0.05, 0) is 59.8 Å². The van der Waals surface area contributed by atoms with Crippen molar-refractivity contribution in [2.24, 2.45) is 0 Å².